The first-order chi connectivity index (χ1) is 22.1. The first-order valence-electron chi connectivity index (χ1n) is 17.2. The molecule has 2 saturated heterocycles. The second kappa shape index (κ2) is 11.0. The Kier molecular flexibility index (Phi) is 8.08. The van der Waals surface area contributed by atoms with Gasteiger partial charge in [0.05, 0.1) is 28.9 Å². The molecule has 1 aromatic carbocycles. The molecular formula is C36H49BO9Si. The highest BCUT2D eigenvalue weighted by molar-refractivity contribution is 7.04. The molecule has 11 heteroatoms. The number of hydrogen-bond acceptors (Lipinski definition) is 9. The van der Waals surface area contributed by atoms with Gasteiger partial charge in [-0.3, -0.25) is 9.59 Å². The van der Waals surface area contributed by atoms with Crippen LogP contribution in [0, 0.1) is 10.8 Å². The molecule has 8 atom stereocenters. The second-order valence-corrected chi connectivity index (χ2v) is 20.1. The molecule has 0 radical (unpaired) electrons. The van der Waals surface area contributed by atoms with Crippen LogP contribution in [0.1, 0.15) is 78.6 Å². The summed E-state index contributed by atoms with van der Waals surface area (Å²) in [7, 11) is -0.941. The maximum atomic E-state index is 15.7. The van der Waals surface area contributed by atoms with Crippen LogP contribution in [0.25, 0.3) is 0 Å². The molecule has 1 aromatic rings. The molecule has 1 N–H and O–H groups in total. The highest BCUT2D eigenvalue weighted by Gasteiger charge is 2.99. The van der Waals surface area contributed by atoms with Gasteiger partial charge in [-0.15, -0.1) is 0 Å². The van der Waals surface area contributed by atoms with Gasteiger partial charge in [-0.1, -0.05) is 59.7 Å². The molecule has 254 valence electrons. The van der Waals surface area contributed by atoms with Crippen molar-refractivity contribution in [1.82, 2.24) is 0 Å². The minimum absolute atomic E-state index is 0.165. The number of carbonyl (C=O) groups excluding carboxylic acids is 4. The van der Waals surface area contributed by atoms with Crippen LogP contribution in [0.15, 0.2) is 41.5 Å². The van der Waals surface area contributed by atoms with E-state index in [1.54, 1.807) is 51.1 Å². The Balaban J connectivity index is 1.71. The lowest BCUT2D eigenvalue weighted by Crippen LogP contribution is -2.73. The van der Waals surface area contributed by atoms with Gasteiger partial charge in [-0.2, -0.15) is 0 Å². The van der Waals surface area contributed by atoms with Gasteiger partial charge in [0, 0.05) is 36.2 Å². The Morgan fingerprint density at radius 3 is 2.19 bits per heavy atom. The van der Waals surface area contributed by atoms with E-state index in [1.807, 2.05) is 6.92 Å². The number of ketones is 2. The minimum Gasteiger partial charge on any atom is -0.456 e. The standard InChI is InChI=1S/C36H49BO9Si/c1-10-47(11-2,12-3)46-25-18-26-34(20-44-26)36(37(34)22(5)38)31(45-30(41)23-16-14-13-15-17-23)35(42)19-24(39)21(4)27(32(35,6)7)28(43-9)29(40)33(25,36)8/h13-17,25-26,28,31,42H,10-12,18-20H2,1-9H3/t25-,26+,28+,31+,33-,34-,35+,36+/m0/s1. The molecule has 9 nitrogen and oxygen atoms in total. The number of Topliss-reactive ketones (excluding diaryl/α,β-unsaturated/α-hetero) is 2. The molecule has 2 spiro atoms. The summed E-state index contributed by atoms with van der Waals surface area (Å²) in [5, 5.41) is 11.0. The van der Waals surface area contributed by atoms with Gasteiger partial charge in [0.1, 0.15) is 17.8 Å². The Hall–Kier alpha value is -2.44. The van der Waals surface area contributed by atoms with Gasteiger partial charge < -0.3 is 28.5 Å². The zero-order valence-corrected chi connectivity index (χ0v) is 30.2. The van der Waals surface area contributed by atoms with Gasteiger partial charge in [-0.05, 0) is 61.7 Å². The number of esters is 1. The van der Waals surface area contributed by atoms with Crippen molar-refractivity contribution in [2.24, 2.45) is 10.8 Å². The molecule has 2 bridgehead atoms. The normalized spacial score (nSPS) is 38.7. The monoisotopic (exact) mass is 664 g/mol. The van der Waals surface area contributed by atoms with Crippen LogP contribution in [0.3, 0.4) is 0 Å². The third-order valence-corrected chi connectivity index (χ3v) is 18.4. The molecule has 2 aliphatic heterocycles. The topological polar surface area (TPSA) is 125 Å². The van der Waals surface area contributed by atoms with E-state index >= 15 is 4.79 Å². The molecule has 2 saturated carbocycles. The van der Waals surface area contributed by atoms with Crippen LogP contribution in [-0.2, 0) is 33.0 Å². The van der Waals surface area contributed by atoms with E-state index in [2.05, 4.69) is 20.8 Å². The Labute approximate surface area is 279 Å². The summed E-state index contributed by atoms with van der Waals surface area (Å²) in [5.41, 5.74) is -3.90. The quantitative estimate of drug-likeness (QED) is 0.281. The number of rotatable bonds is 9. The first kappa shape index (κ1) is 34.4. The average molecular weight is 665 g/mol. The largest absolute Gasteiger partial charge is 0.456 e. The number of aliphatic hydroxyl groups is 1. The minimum atomic E-state index is -2.39. The summed E-state index contributed by atoms with van der Waals surface area (Å²) in [5.74, 6) is -1.37. The molecule has 2 heterocycles. The summed E-state index contributed by atoms with van der Waals surface area (Å²) in [6, 6.07) is 11.0. The fraction of sp³-hybridized carbons (Fsp3) is 0.667. The second-order valence-electron chi connectivity index (χ2n) is 15.4. The van der Waals surface area contributed by atoms with Crippen molar-refractivity contribution >= 4 is 38.2 Å². The number of hydrogen-bond donors (Lipinski definition) is 1. The molecule has 47 heavy (non-hydrogen) atoms. The predicted octanol–water partition coefficient (Wildman–Crippen LogP) is 5.17. The van der Waals surface area contributed by atoms with E-state index in [0.29, 0.717) is 17.6 Å². The van der Waals surface area contributed by atoms with Crippen molar-refractivity contribution in [1.29, 1.82) is 0 Å². The van der Waals surface area contributed by atoms with E-state index < -0.39 is 72.5 Å². The van der Waals surface area contributed by atoms with Crippen molar-refractivity contribution in [3.05, 3.63) is 47.0 Å². The zero-order chi connectivity index (χ0) is 34.5. The molecular weight excluding hydrogens is 615 g/mol. The van der Waals surface area contributed by atoms with Crippen LogP contribution in [-0.4, -0.2) is 87.1 Å². The summed E-state index contributed by atoms with van der Waals surface area (Å²) in [4.78, 5) is 57.7. The number of methoxy groups -OCH3 is 1. The maximum absolute atomic E-state index is 15.7. The molecule has 0 aromatic heterocycles. The number of fused-ring (bicyclic) bond motifs is 2. The average Bonchev–Trinajstić information content (AvgIpc) is 3.73. The number of carbonyl (C=O) groups is 4. The molecule has 4 fully saturated rings. The molecule has 6 rings (SSSR count). The number of ether oxygens (including phenoxy) is 3. The van der Waals surface area contributed by atoms with Gasteiger partial charge >= 0.3 is 5.97 Å². The summed E-state index contributed by atoms with van der Waals surface area (Å²) in [6.07, 6.45) is -3.74. The van der Waals surface area contributed by atoms with Gasteiger partial charge in [0.25, 0.3) is 0 Å². The van der Waals surface area contributed by atoms with E-state index in [-0.39, 0.29) is 35.8 Å². The fourth-order valence-electron chi connectivity index (χ4n) is 10.9. The maximum Gasteiger partial charge on any atom is 0.338 e. The smallest absolute Gasteiger partial charge is 0.338 e. The van der Waals surface area contributed by atoms with Crippen molar-refractivity contribution in [3.8, 4) is 0 Å². The van der Waals surface area contributed by atoms with Gasteiger partial charge in [-0.25, -0.2) is 4.79 Å². The predicted molar refractivity (Wildman–Crippen MR) is 179 cm³/mol. The summed E-state index contributed by atoms with van der Waals surface area (Å²) in [6.45, 7) is 14.3. The lowest BCUT2D eigenvalue weighted by Gasteiger charge is -2.65. The number of allylic oxidation sites excluding steroid dienone is 1. The fourth-order valence-corrected chi connectivity index (χ4v) is 13.8. The van der Waals surface area contributed by atoms with E-state index in [1.165, 1.54) is 14.0 Å². The molecule has 0 unspecified atom stereocenters. The lowest BCUT2D eigenvalue weighted by molar-refractivity contribution is -0.234. The molecule has 3 aliphatic carbocycles. The van der Waals surface area contributed by atoms with Crippen molar-refractivity contribution < 1.29 is 42.9 Å². The zero-order valence-electron chi connectivity index (χ0n) is 29.2. The van der Waals surface area contributed by atoms with Crippen molar-refractivity contribution in [2.45, 2.75) is 127 Å². The summed E-state index contributed by atoms with van der Waals surface area (Å²) < 4.78 is 26.2. The van der Waals surface area contributed by atoms with E-state index in [9.17, 15) is 19.5 Å². The SMILES string of the molecule is CC[Si](CC)(CC)O[C@H]1C[C@H]2OC[C@]23B(C(C)=O)[C@@]32[C@H](OC(=O)c3ccccc3)[C@]3(O)CC(=O)C(C)=C([C@@H](OC)C(=O)[C@]12C)C3(C)C. The Bertz CT molecular complexity index is 1550. The van der Waals surface area contributed by atoms with Gasteiger partial charge in [0.15, 0.2) is 19.9 Å². The van der Waals surface area contributed by atoms with Crippen LogP contribution in [0.4, 0.5) is 0 Å². The third-order valence-electron chi connectivity index (χ3n) is 13.8. The Morgan fingerprint density at radius 2 is 1.68 bits per heavy atom. The highest BCUT2D eigenvalue weighted by atomic mass is 28.4. The molecule has 0 amide bonds. The first-order valence-corrected chi connectivity index (χ1v) is 19.7. The van der Waals surface area contributed by atoms with Crippen LogP contribution in [0.2, 0.25) is 28.8 Å². The Morgan fingerprint density at radius 1 is 1.06 bits per heavy atom. The van der Waals surface area contributed by atoms with Crippen LogP contribution >= 0.6 is 0 Å². The van der Waals surface area contributed by atoms with Crippen molar-refractivity contribution in [3.63, 3.8) is 0 Å². The van der Waals surface area contributed by atoms with Gasteiger partial charge in [0.2, 0.25) is 6.71 Å². The van der Waals surface area contributed by atoms with Crippen molar-refractivity contribution in [2.75, 3.05) is 13.7 Å². The van der Waals surface area contributed by atoms with Crippen LogP contribution < -0.4 is 0 Å². The van der Waals surface area contributed by atoms with E-state index in [0.717, 1.165) is 18.1 Å². The van der Waals surface area contributed by atoms with E-state index in [4.69, 9.17) is 18.6 Å². The highest BCUT2D eigenvalue weighted by Crippen LogP contribution is 2.93. The lowest BCUT2D eigenvalue weighted by atomic mass is 9.41. The summed E-state index contributed by atoms with van der Waals surface area (Å²) >= 11 is 0. The number of benzene rings is 1. The molecule has 5 aliphatic rings. The van der Waals surface area contributed by atoms with Crippen LogP contribution in [0.5, 0.6) is 0 Å². The third kappa shape index (κ3) is 3.98.